The zero-order valence-corrected chi connectivity index (χ0v) is 5.65. The van der Waals surface area contributed by atoms with Crippen molar-refractivity contribution < 1.29 is 9.13 Å². The Bertz CT molecular complexity index is 131. The molecule has 0 amide bonds. The summed E-state index contributed by atoms with van der Waals surface area (Å²) >= 11 is 0. The Morgan fingerprint density at radius 2 is 2.33 bits per heavy atom. The van der Waals surface area contributed by atoms with Gasteiger partial charge in [-0.15, -0.1) is 0 Å². The van der Waals surface area contributed by atoms with Crippen LogP contribution in [0.1, 0.15) is 13.3 Å². The molecule has 0 aromatic heterocycles. The molecule has 0 fully saturated rings. The number of hydrogen-bond donors (Lipinski definition) is 0. The van der Waals surface area contributed by atoms with E-state index in [1.807, 2.05) is 0 Å². The van der Waals surface area contributed by atoms with Crippen LogP contribution < -0.4 is 0 Å². The summed E-state index contributed by atoms with van der Waals surface area (Å²) in [5.74, 6) is -0.351. The van der Waals surface area contributed by atoms with E-state index in [0.29, 0.717) is 0 Å². The molecular formula is C6H10FNO. The SMILES string of the molecule is C=C(/N=C(/F)CC)OC. The van der Waals surface area contributed by atoms with Crippen molar-refractivity contribution in [3.63, 3.8) is 0 Å². The van der Waals surface area contributed by atoms with E-state index in [4.69, 9.17) is 0 Å². The van der Waals surface area contributed by atoms with E-state index in [1.165, 1.54) is 7.11 Å². The number of hydrogen-bond acceptors (Lipinski definition) is 2. The first-order valence-electron chi connectivity index (χ1n) is 2.66. The standard InChI is InChI=1S/C6H10FNO/c1-4-6(7)8-5(2)9-3/h2,4H2,1,3H3/b8-6+. The Morgan fingerprint density at radius 3 is 2.67 bits per heavy atom. The molecule has 0 radical (unpaired) electrons. The molecule has 0 rings (SSSR count). The minimum atomic E-state index is -0.457. The van der Waals surface area contributed by atoms with E-state index in [9.17, 15) is 4.39 Å². The minimum absolute atomic E-state index is 0.106. The number of rotatable bonds is 3. The van der Waals surface area contributed by atoms with Gasteiger partial charge in [0.2, 0.25) is 5.88 Å². The van der Waals surface area contributed by atoms with Crippen molar-refractivity contribution in [1.29, 1.82) is 0 Å². The van der Waals surface area contributed by atoms with Crippen LogP contribution in [0.25, 0.3) is 0 Å². The van der Waals surface area contributed by atoms with Gasteiger partial charge >= 0.3 is 0 Å². The number of nitrogens with zero attached hydrogens (tertiary/aromatic N) is 1. The van der Waals surface area contributed by atoms with Crippen LogP contribution in [0.2, 0.25) is 0 Å². The highest BCUT2D eigenvalue weighted by atomic mass is 19.1. The maximum absolute atomic E-state index is 12.2. The van der Waals surface area contributed by atoms with Gasteiger partial charge in [0, 0.05) is 6.42 Å². The van der Waals surface area contributed by atoms with Crippen LogP contribution in [0.5, 0.6) is 0 Å². The molecule has 0 aliphatic heterocycles. The molecule has 2 nitrogen and oxygen atoms in total. The number of aliphatic imine (C=N–C) groups is 1. The van der Waals surface area contributed by atoms with Crippen molar-refractivity contribution in [1.82, 2.24) is 0 Å². The lowest BCUT2D eigenvalue weighted by Gasteiger charge is -1.94. The second-order valence-corrected chi connectivity index (χ2v) is 1.44. The van der Waals surface area contributed by atoms with Crippen LogP contribution in [0.3, 0.4) is 0 Å². The van der Waals surface area contributed by atoms with Crippen molar-refractivity contribution in [3.8, 4) is 0 Å². The smallest absolute Gasteiger partial charge is 0.207 e. The summed E-state index contributed by atoms with van der Waals surface area (Å²) < 4.78 is 16.7. The van der Waals surface area contributed by atoms with Crippen LogP contribution in [0.15, 0.2) is 17.5 Å². The van der Waals surface area contributed by atoms with Gasteiger partial charge in [0.15, 0.2) is 5.97 Å². The Labute approximate surface area is 54.0 Å². The van der Waals surface area contributed by atoms with Crippen LogP contribution in [0.4, 0.5) is 4.39 Å². The molecule has 0 spiro atoms. The van der Waals surface area contributed by atoms with Crippen LogP contribution in [0, 0.1) is 0 Å². The predicted octanol–water partition coefficient (Wildman–Crippen LogP) is 1.88. The average Bonchev–Trinajstić information content (AvgIpc) is 1.87. The van der Waals surface area contributed by atoms with E-state index in [2.05, 4.69) is 16.3 Å². The number of halogens is 1. The maximum Gasteiger partial charge on any atom is 0.207 e. The largest absolute Gasteiger partial charge is 0.481 e. The van der Waals surface area contributed by atoms with Gasteiger partial charge < -0.3 is 4.74 Å². The van der Waals surface area contributed by atoms with Gasteiger partial charge in [-0.25, -0.2) is 0 Å². The molecule has 0 bridgehead atoms. The lowest BCUT2D eigenvalue weighted by atomic mass is 10.5. The van der Waals surface area contributed by atoms with Crippen LogP contribution in [-0.4, -0.2) is 13.1 Å². The molecule has 0 aliphatic carbocycles. The minimum Gasteiger partial charge on any atom is -0.481 e. The van der Waals surface area contributed by atoms with E-state index >= 15 is 0 Å². The van der Waals surface area contributed by atoms with Gasteiger partial charge in [-0.3, -0.25) is 0 Å². The van der Waals surface area contributed by atoms with Crippen molar-refractivity contribution in [2.24, 2.45) is 4.99 Å². The van der Waals surface area contributed by atoms with Crippen LogP contribution >= 0.6 is 0 Å². The van der Waals surface area contributed by atoms with Gasteiger partial charge in [-0.2, -0.15) is 9.38 Å². The fraction of sp³-hybridized carbons (Fsp3) is 0.500. The number of ether oxygens (including phenoxy) is 1. The topological polar surface area (TPSA) is 21.6 Å². The van der Waals surface area contributed by atoms with Crippen molar-refractivity contribution >= 4 is 5.97 Å². The maximum atomic E-state index is 12.2. The summed E-state index contributed by atoms with van der Waals surface area (Å²) in [6.45, 7) is 4.98. The van der Waals surface area contributed by atoms with Gasteiger partial charge in [0.25, 0.3) is 0 Å². The zero-order valence-electron chi connectivity index (χ0n) is 5.65. The molecule has 0 aromatic rings. The molecule has 0 N–H and O–H groups in total. The average molecular weight is 131 g/mol. The molecule has 0 aliphatic rings. The molecule has 3 heteroatoms. The molecule has 0 saturated heterocycles. The molecule has 0 saturated carbocycles. The predicted molar refractivity (Wildman–Crippen MR) is 35.0 cm³/mol. The van der Waals surface area contributed by atoms with Gasteiger partial charge in [-0.05, 0) is 6.58 Å². The summed E-state index contributed by atoms with van der Waals surface area (Å²) in [7, 11) is 1.40. The summed E-state index contributed by atoms with van der Waals surface area (Å²) in [5.41, 5.74) is 0. The van der Waals surface area contributed by atoms with Gasteiger partial charge in [-0.1, -0.05) is 6.92 Å². The summed E-state index contributed by atoms with van der Waals surface area (Å²) in [5, 5.41) is 0. The number of methoxy groups -OCH3 is 1. The third kappa shape index (κ3) is 3.70. The Balaban J connectivity index is 3.79. The normalized spacial score (nSPS) is 11.2. The third-order valence-electron chi connectivity index (χ3n) is 0.773. The Kier molecular flexibility index (Phi) is 3.67. The van der Waals surface area contributed by atoms with Gasteiger partial charge in [0.05, 0.1) is 7.11 Å². The first kappa shape index (κ1) is 8.14. The molecular weight excluding hydrogens is 121 g/mol. The highest BCUT2D eigenvalue weighted by Crippen LogP contribution is 1.96. The first-order valence-corrected chi connectivity index (χ1v) is 2.66. The van der Waals surface area contributed by atoms with E-state index < -0.39 is 5.97 Å². The molecule has 0 unspecified atom stereocenters. The molecule has 0 atom stereocenters. The lowest BCUT2D eigenvalue weighted by molar-refractivity contribution is 0.289. The van der Waals surface area contributed by atoms with E-state index in [-0.39, 0.29) is 12.3 Å². The Morgan fingerprint density at radius 1 is 1.78 bits per heavy atom. The lowest BCUT2D eigenvalue weighted by Crippen LogP contribution is -1.87. The fourth-order valence-corrected chi connectivity index (χ4v) is 0.260. The first-order chi connectivity index (χ1) is 4.20. The second-order valence-electron chi connectivity index (χ2n) is 1.44. The quantitative estimate of drug-likeness (QED) is 0.423. The molecule has 0 heterocycles. The molecule has 0 aromatic carbocycles. The van der Waals surface area contributed by atoms with Crippen molar-refractivity contribution in [2.45, 2.75) is 13.3 Å². The summed E-state index contributed by atoms with van der Waals surface area (Å²) in [4.78, 5) is 3.35. The fourth-order valence-electron chi connectivity index (χ4n) is 0.260. The third-order valence-corrected chi connectivity index (χ3v) is 0.773. The second kappa shape index (κ2) is 4.06. The Hall–Kier alpha value is -0.860. The van der Waals surface area contributed by atoms with Crippen molar-refractivity contribution in [2.75, 3.05) is 7.11 Å². The zero-order chi connectivity index (χ0) is 7.28. The summed E-state index contributed by atoms with van der Waals surface area (Å²) in [6.07, 6.45) is 0.280. The summed E-state index contributed by atoms with van der Waals surface area (Å²) in [6, 6.07) is 0. The molecule has 52 valence electrons. The van der Waals surface area contributed by atoms with Crippen molar-refractivity contribution in [3.05, 3.63) is 12.5 Å². The highest BCUT2D eigenvalue weighted by molar-refractivity contribution is 5.75. The monoisotopic (exact) mass is 131 g/mol. The van der Waals surface area contributed by atoms with E-state index in [1.54, 1.807) is 6.92 Å². The van der Waals surface area contributed by atoms with Crippen LogP contribution in [-0.2, 0) is 4.74 Å². The highest BCUT2D eigenvalue weighted by Gasteiger charge is 1.91. The van der Waals surface area contributed by atoms with E-state index in [0.717, 1.165) is 0 Å². The van der Waals surface area contributed by atoms with Gasteiger partial charge in [0.1, 0.15) is 0 Å². The molecule has 9 heavy (non-hydrogen) atoms.